The number of halogens is 3. The monoisotopic (exact) mass is 364 g/mol. The fraction of sp³-hybridized carbons (Fsp3) is 0.353. The Bertz CT molecular complexity index is 943. The summed E-state index contributed by atoms with van der Waals surface area (Å²) in [6, 6.07) is 3.04. The zero-order valence-electron chi connectivity index (χ0n) is 13.6. The van der Waals surface area contributed by atoms with Gasteiger partial charge in [0.05, 0.1) is 5.69 Å². The molecule has 0 bridgehead atoms. The molecule has 9 heteroatoms. The van der Waals surface area contributed by atoms with Crippen molar-refractivity contribution in [3.8, 4) is 11.3 Å². The van der Waals surface area contributed by atoms with E-state index in [2.05, 4.69) is 15.0 Å². The van der Waals surface area contributed by atoms with Gasteiger partial charge in [0.15, 0.2) is 5.76 Å². The molecule has 136 valence electrons. The van der Waals surface area contributed by atoms with Crippen molar-refractivity contribution in [3.05, 3.63) is 36.7 Å². The normalized spacial score (nSPS) is 15.2. The van der Waals surface area contributed by atoms with Crippen LogP contribution in [0.3, 0.4) is 0 Å². The smallest absolute Gasteiger partial charge is 0.458 e. The van der Waals surface area contributed by atoms with Gasteiger partial charge in [-0.2, -0.15) is 0 Å². The average molecular weight is 364 g/mol. The van der Waals surface area contributed by atoms with Gasteiger partial charge in [0, 0.05) is 23.7 Å². The van der Waals surface area contributed by atoms with Crippen LogP contribution in [0.4, 0.5) is 13.2 Å². The minimum absolute atomic E-state index is 0.0642. The van der Waals surface area contributed by atoms with E-state index in [0.29, 0.717) is 35.1 Å². The van der Waals surface area contributed by atoms with Gasteiger partial charge < -0.3 is 9.40 Å². The molecule has 3 aromatic rings. The third kappa shape index (κ3) is 2.93. The van der Waals surface area contributed by atoms with Crippen LogP contribution in [0.15, 0.2) is 35.3 Å². The highest BCUT2D eigenvalue weighted by atomic mass is 19.4. The Hall–Kier alpha value is -2.84. The topological polar surface area (TPSA) is 75.0 Å². The van der Waals surface area contributed by atoms with E-state index in [-0.39, 0.29) is 23.1 Å². The molecule has 6 nitrogen and oxygen atoms in total. The summed E-state index contributed by atoms with van der Waals surface area (Å²) < 4.78 is 45.1. The first-order valence-electron chi connectivity index (χ1n) is 8.19. The molecule has 0 spiro atoms. The maximum atomic E-state index is 13.3. The number of rotatable bonds is 4. The number of nitrogens with zero attached hydrogens (tertiary/aromatic N) is 3. The number of furan rings is 1. The molecule has 1 amide bonds. The second-order valence-corrected chi connectivity index (χ2v) is 6.34. The molecule has 26 heavy (non-hydrogen) atoms. The zero-order chi connectivity index (χ0) is 18.3. The van der Waals surface area contributed by atoms with Crippen LogP contribution in [-0.2, 0) is 0 Å². The first kappa shape index (κ1) is 16.6. The number of nitrogens with one attached hydrogen (secondary N) is 1. The van der Waals surface area contributed by atoms with Crippen LogP contribution in [0.2, 0.25) is 0 Å². The van der Waals surface area contributed by atoms with Gasteiger partial charge in [-0.15, -0.1) is 13.2 Å². The number of alkyl halides is 3. The third-order valence-electron chi connectivity index (χ3n) is 4.65. The van der Waals surface area contributed by atoms with Crippen molar-refractivity contribution in [1.29, 1.82) is 0 Å². The van der Waals surface area contributed by atoms with Crippen LogP contribution in [0.1, 0.15) is 29.8 Å². The van der Waals surface area contributed by atoms with Gasteiger partial charge in [-0.25, -0.2) is 14.9 Å². The van der Waals surface area contributed by atoms with E-state index in [0.717, 1.165) is 6.42 Å². The Morgan fingerprint density at radius 3 is 2.85 bits per heavy atom. The van der Waals surface area contributed by atoms with Crippen LogP contribution in [-0.4, -0.2) is 38.6 Å². The number of aromatic nitrogens is 3. The number of amides is 1. The molecule has 0 saturated heterocycles. The number of H-pyrrole nitrogens is 1. The number of hydrogen-bond donors (Lipinski definition) is 1. The van der Waals surface area contributed by atoms with Crippen molar-refractivity contribution in [2.45, 2.75) is 25.6 Å². The third-order valence-corrected chi connectivity index (χ3v) is 4.65. The first-order chi connectivity index (χ1) is 12.4. The summed E-state index contributed by atoms with van der Waals surface area (Å²) in [6.45, 7) is -0.339. The van der Waals surface area contributed by atoms with E-state index in [1.165, 1.54) is 18.7 Å². The van der Waals surface area contributed by atoms with E-state index in [1.54, 1.807) is 12.3 Å². The van der Waals surface area contributed by atoms with Crippen LogP contribution in [0.25, 0.3) is 22.3 Å². The molecule has 0 unspecified atom stereocenters. The molecule has 1 aliphatic rings. The molecular formula is C17H15F3N4O2. The van der Waals surface area contributed by atoms with Crippen molar-refractivity contribution in [1.82, 2.24) is 19.9 Å². The van der Waals surface area contributed by atoms with Crippen LogP contribution in [0, 0.1) is 5.92 Å². The Morgan fingerprint density at radius 1 is 1.35 bits per heavy atom. The fourth-order valence-corrected chi connectivity index (χ4v) is 3.04. The van der Waals surface area contributed by atoms with Crippen LogP contribution >= 0.6 is 0 Å². The van der Waals surface area contributed by atoms with Crippen LogP contribution < -0.4 is 0 Å². The van der Waals surface area contributed by atoms with Crippen molar-refractivity contribution in [3.63, 3.8) is 0 Å². The fourth-order valence-electron chi connectivity index (χ4n) is 3.04. The largest absolute Gasteiger partial charge is 0.487 e. The number of hydrogen-bond acceptors (Lipinski definition) is 4. The van der Waals surface area contributed by atoms with E-state index in [1.807, 2.05) is 0 Å². The van der Waals surface area contributed by atoms with Gasteiger partial charge in [-0.1, -0.05) is 6.42 Å². The summed E-state index contributed by atoms with van der Waals surface area (Å²) >= 11 is 0. The van der Waals surface area contributed by atoms with Gasteiger partial charge in [-0.05, 0) is 30.9 Å². The number of aromatic amines is 1. The highest BCUT2D eigenvalue weighted by Gasteiger charge is 2.44. The maximum absolute atomic E-state index is 13.3. The minimum Gasteiger partial charge on any atom is -0.458 e. The molecule has 0 aliphatic heterocycles. The standard InChI is InChI=1S/C17H15F3N4O2/c18-17(19,20)24(7-10-2-1-3-10)16(25)13-6-11(8-26-13)14-12-4-5-21-15(12)23-9-22-14/h4-6,8-10H,1-3,7H2,(H,21,22,23). The lowest BCUT2D eigenvalue weighted by atomic mass is 9.85. The van der Waals surface area contributed by atoms with Gasteiger partial charge in [0.2, 0.25) is 0 Å². The van der Waals surface area contributed by atoms with Gasteiger partial charge in [0.25, 0.3) is 5.91 Å². The van der Waals surface area contributed by atoms with Crippen molar-refractivity contribution >= 4 is 16.9 Å². The average Bonchev–Trinajstić information content (AvgIpc) is 3.21. The van der Waals surface area contributed by atoms with Gasteiger partial charge in [-0.3, -0.25) is 4.79 Å². The quantitative estimate of drug-likeness (QED) is 0.711. The maximum Gasteiger partial charge on any atom is 0.487 e. The first-order valence-corrected chi connectivity index (χ1v) is 8.19. The lowest BCUT2D eigenvalue weighted by Crippen LogP contribution is -2.46. The molecule has 0 atom stereocenters. The molecule has 0 radical (unpaired) electrons. The number of fused-ring (bicyclic) bond motifs is 1. The predicted molar refractivity (Wildman–Crippen MR) is 86.0 cm³/mol. The van der Waals surface area contributed by atoms with Crippen molar-refractivity contribution < 1.29 is 22.4 Å². The summed E-state index contributed by atoms with van der Waals surface area (Å²) in [4.78, 5) is 23.5. The molecule has 0 aromatic carbocycles. The molecule has 1 aliphatic carbocycles. The number of carbonyl (C=O) groups is 1. The minimum atomic E-state index is -4.75. The molecule has 4 rings (SSSR count). The van der Waals surface area contributed by atoms with E-state index in [4.69, 9.17) is 4.42 Å². The summed E-state index contributed by atoms with van der Waals surface area (Å²) in [5.74, 6) is -1.66. The van der Waals surface area contributed by atoms with Gasteiger partial charge in [0.1, 0.15) is 18.2 Å². The van der Waals surface area contributed by atoms with Gasteiger partial charge >= 0.3 is 6.30 Å². The summed E-state index contributed by atoms with van der Waals surface area (Å²) in [7, 11) is 0. The van der Waals surface area contributed by atoms with Crippen molar-refractivity contribution in [2.24, 2.45) is 5.92 Å². The second-order valence-electron chi connectivity index (χ2n) is 6.34. The Balaban J connectivity index is 1.63. The Labute approximate surface area is 146 Å². The molecule has 1 saturated carbocycles. The highest BCUT2D eigenvalue weighted by Crippen LogP contribution is 2.33. The molecule has 3 heterocycles. The Kier molecular flexibility index (Phi) is 3.93. The lowest BCUT2D eigenvalue weighted by molar-refractivity contribution is -0.229. The molecule has 3 aromatic heterocycles. The Morgan fingerprint density at radius 2 is 2.15 bits per heavy atom. The number of carbonyl (C=O) groups excluding carboxylic acids is 1. The summed E-state index contributed by atoms with van der Waals surface area (Å²) in [5, 5.41) is 0.689. The SMILES string of the molecule is O=C(c1cc(-c2ncnc3[nH]ccc23)co1)N(CC1CCC1)C(F)(F)F. The summed E-state index contributed by atoms with van der Waals surface area (Å²) in [5.41, 5.74) is 1.49. The van der Waals surface area contributed by atoms with Crippen molar-refractivity contribution in [2.75, 3.05) is 6.54 Å². The molecular weight excluding hydrogens is 349 g/mol. The van der Waals surface area contributed by atoms with Crippen LogP contribution in [0.5, 0.6) is 0 Å². The lowest BCUT2D eigenvalue weighted by Gasteiger charge is -2.32. The zero-order valence-corrected chi connectivity index (χ0v) is 13.6. The second kappa shape index (κ2) is 6.15. The molecule has 1 N–H and O–H groups in total. The van der Waals surface area contributed by atoms with E-state index >= 15 is 0 Å². The summed E-state index contributed by atoms with van der Waals surface area (Å²) in [6.07, 6.45) is 1.81. The predicted octanol–water partition coefficient (Wildman–Crippen LogP) is 3.98. The van der Waals surface area contributed by atoms with E-state index in [9.17, 15) is 18.0 Å². The highest BCUT2D eigenvalue weighted by molar-refractivity contribution is 5.95. The molecule has 1 fully saturated rings. The van der Waals surface area contributed by atoms with E-state index < -0.39 is 12.2 Å².